The van der Waals surface area contributed by atoms with Crippen molar-refractivity contribution in [2.45, 2.75) is 32.7 Å². The zero-order valence-electron chi connectivity index (χ0n) is 14.3. The summed E-state index contributed by atoms with van der Waals surface area (Å²) < 4.78 is 10.8. The summed E-state index contributed by atoms with van der Waals surface area (Å²) in [5.41, 5.74) is 0.281. The second-order valence-corrected chi connectivity index (χ2v) is 7.18. The Kier molecular flexibility index (Phi) is 6.13. The van der Waals surface area contributed by atoms with Crippen molar-refractivity contribution in [2.24, 2.45) is 0 Å². The summed E-state index contributed by atoms with van der Waals surface area (Å²) in [5.74, 6) is 1.05. The number of hydrogen-bond donors (Lipinski definition) is 1. The van der Waals surface area contributed by atoms with E-state index >= 15 is 0 Å². The molecule has 1 amide bonds. The molecule has 1 N–H and O–H groups in total. The van der Waals surface area contributed by atoms with Gasteiger partial charge in [0.15, 0.2) is 11.5 Å². The van der Waals surface area contributed by atoms with Gasteiger partial charge in [-0.15, -0.1) is 11.3 Å². The van der Waals surface area contributed by atoms with Gasteiger partial charge in [0, 0.05) is 11.4 Å². The van der Waals surface area contributed by atoms with Crippen LogP contribution in [-0.2, 0) is 16.8 Å². The van der Waals surface area contributed by atoms with E-state index in [9.17, 15) is 4.79 Å². The largest absolute Gasteiger partial charge is 0.493 e. The van der Waals surface area contributed by atoms with Gasteiger partial charge >= 0.3 is 0 Å². The fraction of sp³-hybridized carbons (Fsp3) is 0.389. The molecule has 0 bridgehead atoms. The monoisotopic (exact) mass is 367 g/mol. The van der Waals surface area contributed by atoms with E-state index < -0.39 is 5.41 Å². The highest BCUT2D eigenvalue weighted by Crippen LogP contribution is 2.36. The molecule has 0 aliphatic rings. The lowest BCUT2D eigenvalue weighted by Crippen LogP contribution is -2.39. The van der Waals surface area contributed by atoms with Crippen LogP contribution in [0.3, 0.4) is 0 Å². The van der Waals surface area contributed by atoms with Gasteiger partial charge in [0.2, 0.25) is 5.91 Å². The number of nitrogens with one attached hydrogen (secondary N) is 1. The first kappa shape index (κ1) is 18.6. The molecule has 0 radical (unpaired) electrons. The van der Waals surface area contributed by atoms with Crippen LogP contribution in [-0.4, -0.2) is 19.6 Å². The Hall–Kier alpha value is -1.72. The normalized spacial score (nSPS) is 11.2. The van der Waals surface area contributed by atoms with Gasteiger partial charge in [0.25, 0.3) is 0 Å². The molecule has 1 aromatic carbocycles. The van der Waals surface area contributed by atoms with Crippen LogP contribution in [0.1, 0.15) is 31.2 Å². The maximum absolute atomic E-state index is 12.6. The van der Waals surface area contributed by atoms with E-state index in [4.69, 9.17) is 21.1 Å². The number of rotatable bonds is 7. The summed E-state index contributed by atoms with van der Waals surface area (Å²) in [5, 5.41) is 5.41. The molecule has 0 fully saturated rings. The molecule has 0 atom stereocenters. The predicted molar refractivity (Wildman–Crippen MR) is 98.4 cm³/mol. The van der Waals surface area contributed by atoms with Gasteiger partial charge in [0.05, 0.1) is 24.2 Å². The molecule has 24 heavy (non-hydrogen) atoms. The van der Waals surface area contributed by atoms with Gasteiger partial charge in [-0.25, -0.2) is 0 Å². The third kappa shape index (κ3) is 4.02. The number of benzene rings is 1. The molecule has 0 unspecified atom stereocenters. The van der Waals surface area contributed by atoms with E-state index in [2.05, 4.69) is 5.32 Å². The van der Waals surface area contributed by atoms with Crippen LogP contribution in [0, 0.1) is 0 Å². The molecule has 0 aliphatic heterocycles. The number of ether oxygens (including phenoxy) is 2. The number of methoxy groups -OCH3 is 1. The van der Waals surface area contributed by atoms with Gasteiger partial charge < -0.3 is 14.8 Å². The number of carbonyl (C=O) groups excluding carboxylic acids is 1. The smallest absolute Gasteiger partial charge is 0.231 e. The Bertz CT molecular complexity index is 699. The van der Waals surface area contributed by atoms with E-state index in [0.717, 1.165) is 10.4 Å². The van der Waals surface area contributed by atoms with Crippen molar-refractivity contribution < 1.29 is 14.3 Å². The Balaban J connectivity index is 2.12. The van der Waals surface area contributed by atoms with Crippen molar-refractivity contribution >= 4 is 28.8 Å². The first-order chi connectivity index (χ1) is 11.4. The van der Waals surface area contributed by atoms with E-state index in [1.807, 2.05) is 44.4 Å². The standard InChI is InChI=1S/C18H22ClNO3S/c1-5-23-16-13(19)9-12(10-14(16)22-4)11-20-17(21)18(2,3)15-7-6-8-24-15/h6-10H,5,11H2,1-4H3,(H,20,21). The molecular weight excluding hydrogens is 346 g/mol. The van der Waals surface area contributed by atoms with E-state index in [1.165, 1.54) is 0 Å². The first-order valence-electron chi connectivity index (χ1n) is 7.71. The van der Waals surface area contributed by atoms with E-state index in [-0.39, 0.29) is 5.91 Å². The molecule has 0 saturated heterocycles. The van der Waals surface area contributed by atoms with Gasteiger partial charge in [-0.3, -0.25) is 4.79 Å². The van der Waals surface area contributed by atoms with Crippen molar-refractivity contribution in [3.8, 4) is 11.5 Å². The molecule has 2 rings (SSSR count). The Morgan fingerprint density at radius 2 is 2.12 bits per heavy atom. The fourth-order valence-corrected chi connectivity index (χ4v) is 3.45. The van der Waals surface area contributed by atoms with Gasteiger partial charge in [-0.1, -0.05) is 17.7 Å². The average Bonchev–Trinajstić information content (AvgIpc) is 3.09. The minimum atomic E-state index is -0.576. The van der Waals surface area contributed by atoms with Crippen molar-refractivity contribution in [3.63, 3.8) is 0 Å². The van der Waals surface area contributed by atoms with Gasteiger partial charge in [-0.2, -0.15) is 0 Å². The highest BCUT2D eigenvalue weighted by molar-refractivity contribution is 7.10. The lowest BCUT2D eigenvalue weighted by atomic mass is 9.90. The highest BCUT2D eigenvalue weighted by Gasteiger charge is 2.30. The summed E-state index contributed by atoms with van der Waals surface area (Å²) >= 11 is 7.84. The minimum Gasteiger partial charge on any atom is -0.493 e. The van der Waals surface area contributed by atoms with Crippen LogP contribution in [0.4, 0.5) is 0 Å². The molecule has 6 heteroatoms. The molecule has 0 aliphatic carbocycles. The molecular formula is C18H22ClNO3S. The van der Waals surface area contributed by atoms with Crippen molar-refractivity contribution in [2.75, 3.05) is 13.7 Å². The average molecular weight is 368 g/mol. The molecule has 1 heterocycles. The second kappa shape index (κ2) is 7.90. The summed E-state index contributed by atoms with van der Waals surface area (Å²) in [7, 11) is 1.57. The minimum absolute atomic E-state index is 0.0334. The summed E-state index contributed by atoms with van der Waals surface area (Å²) in [6.07, 6.45) is 0. The quantitative estimate of drug-likeness (QED) is 0.788. The Morgan fingerprint density at radius 1 is 1.38 bits per heavy atom. The lowest BCUT2D eigenvalue weighted by molar-refractivity contribution is -0.125. The van der Waals surface area contributed by atoms with Crippen LogP contribution in [0.2, 0.25) is 5.02 Å². The predicted octanol–water partition coefficient (Wildman–Crippen LogP) is 4.40. The lowest BCUT2D eigenvalue weighted by Gasteiger charge is -2.22. The number of hydrogen-bond acceptors (Lipinski definition) is 4. The van der Waals surface area contributed by atoms with Crippen LogP contribution in [0.25, 0.3) is 0 Å². The Morgan fingerprint density at radius 3 is 2.71 bits per heavy atom. The molecule has 2 aromatic rings. The van der Waals surface area contributed by atoms with Crippen molar-refractivity contribution in [1.29, 1.82) is 0 Å². The number of halogens is 1. The SMILES string of the molecule is CCOc1c(Cl)cc(CNC(=O)C(C)(C)c2cccs2)cc1OC. The zero-order chi connectivity index (χ0) is 17.7. The number of amides is 1. The van der Waals surface area contributed by atoms with E-state index in [1.54, 1.807) is 24.5 Å². The number of thiophene rings is 1. The fourth-order valence-electron chi connectivity index (χ4n) is 2.31. The highest BCUT2D eigenvalue weighted by atomic mass is 35.5. The van der Waals surface area contributed by atoms with Gasteiger partial charge in [0.1, 0.15) is 0 Å². The zero-order valence-corrected chi connectivity index (χ0v) is 15.9. The van der Waals surface area contributed by atoms with Crippen molar-refractivity contribution in [3.05, 3.63) is 45.1 Å². The molecule has 4 nitrogen and oxygen atoms in total. The second-order valence-electron chi connectivity index (χ2n) is 5.83. The topological polar surface area (TPSA) is 47.6 Å². The molecule has 0 spiro atoms. The van der Waals surface area contributed by atoms with Crippen LogP contribution in [0.15, 0.2) is 29.6 Å². The van der Waals surface area contributed by atoms with Gasteiger partial charge in [-0.05, 0) is 49.9 Å². The van der Waals surface area contributed by atoms with Crippen LogP contribution in [0.5, 0.6) is 11.5 Å². The summed E-state index contributed by atoms with van der Waals surface area (Å²) in [6, 6.07) is 7.54. The third-order valence-electron chi connectivity index (χ3n) is 3.74. The Labute approximate surface area is 151 Å². The molecule has 0 saturated carbocycles. The maximum Gasteiger partial charge on any atom is 0.231 e. The third-order valence-corrected chi connectivity index (χ3v) is 5.21. The van der Waals surface area contributed by atoms with Crippen LogP contribution >= 0.6 is 22.9 Å². The summed E-state index contributed by atoms with van der Waals surface area (Å²) in [4.78, 5) is 13.6. The van der Waals surface area contributed by atoms with Crippen LogP contribution < -0.4 is 14.8 Å². The molecule has 1 aromatic heterocycles. The molecule has 130 valence electrons. The van der Waals surface area contributed by atoms with E-state index in [0.29, 0.717) is 29.7 Å². The number of carbonyl (C=O) groups is 1. The summed E-state index contributed by atoms with van der Waals surface area (Å²) in [6.45, 7) is 6.59. The maximum atomic E-state index is 12.6. The van der Waals surface area contributed by atoms with Crippen molar-refractivity contribution in [1.82, 2.24) is 5.32 Å². The first-order valence-corrected chi connectivity index (χ1v) is 8.97.